The van der Waals surface area contributed by atoms with E-state index in [-0.39, 0.29) is 6.10 Å². The van der Waals surface area contributed by atoms with E-state index in [9.17, 15) is 0 Å². The van der Waals surface area contributed by atoms with Gasteiger partial charge in [-0.1, -0.05) is 0 Å². The van der Waals surface area contributed by atoms with Gasteiger partial charge in [0.1, 0.15) is 0 Å². The number of aryl methyl sites for hydroxylation is 1. The fourth-order valence-corrected chi connectivity index (χ4v) is 4.14. The Morgan fingerprint density at radius 1 is 1.38 bits per heavy atom. The zero-order chi connectivity index (χ0) is 14.4. The first-order chi connectivity index (χ1) is 10.2. The van der Waals surface area contributed by atoms with E-state index in [1.165, 1.54) is 5.56 Å². The smallest absolute Gasteiger partial charge is 0.222 e. The van der Waals surface area contributed by atoms with Gasteiger partial charge in [-0.2, -0.15) is 4.98 Å². The summed E-state index contributed by atoms with van der Waals surface area (Å²) in [5, 5.41) is 10.2. The van der Waals surface area contributed by atoms with E-state index < -0.39 is 0 Å². The number of hydrogen-bond acceptors (Lipinski definition) is 5. The van der Waals surface area contributed by atoms with E-state index in [0.717, 1.165) is 42.5 Å². The molecule has 0 bridgehead atoms. The maximum absolute atomic E-state index is 6.07. The minimum Gasteiger partial charge on any atom is -0.373 e. The Morgan fingerprint density at radius 3 is 3.00 bits per heavy atom. The van der Waals surface area contributed by atoms with Gasteiger partial charge in [0.05, 0.1) is 23.1 Å². The highest BCUT2D eigenvalue weighted by Crippen LogP contribution is 2.36. The van der Waals surface area contributed by atoms with Gasteiger partial charge in [0.2, 0.25) is 5.95 Å². The zero-order valence-electron chi connectivity index (χ0n) is 12.4. The van der Waals surface area contributed by atoms with Crippen LogP contribution in [0.1, 0.15) is 37.8 Å². The van der Waals surface area contributed by atoms with Crippen molar-refractivity contribution in [1.29, 1.82) is 0 Å². The normalized spacial score (nSPS) is 28.4. The molecule has 4 rings (SSSR count). The third-order valence-corrected chi connectivity index (χ3v) is 5.44. The number of thiophene rings is 1. The topological polar surface area (TPSA) is 52.0 Å². The van der Waals surface area contributed by atoms with Gasteiger partial charge < -0.3 is 10.1 Å². The van der Waals surface area contributed by atoms with Crippen LogP contribution < -0.4 is 5.32 Å². The minimum atomic E-state index is 0.278. The number of nitrogens with one attached hydrogen (secondary N) is 1. The highest BCUT2D eigenvalue weighted by molar-refractivity contribution is 7.13. The second kappa shape index (κ2) is 5.10. The van der Waals surface area contributed by atoms with Crippen LogP contribution in [-0.4, -0.2) is 33.5 Å². The monoisotopic (exact) mass is 304 g/mol. The Hall–Kier alpha value is -1.40. The SMILES string of the molecule is Cc1ccsc1-c1nc2n(n1)C(C1CCC(C)O1)CCN2. The fraction of sp³-hybridized carbons (Fsp3) is 0.600. The van der Waals surface area contributed by atoms with Crippen LogP contribution in [0.2, 0.25) is 0 Å². The Labute approximate surface area is 128 Å². The summed E-state index contributed by atoms with van der Waals surface area (Å²) < 4.78 is 8.12. The quantitative estimate of drug-likeness (QED) is 0.925. The van der Waals surface area contributed by atoms with Gasteiger partial charge in [0.25, 0.3) is 0 Å². The van der Waals surface area contributed by atoms with Gasteiger partial charge in [0.15, 0.2) is 5.82 Å². The van der Waals surface area contributed by atoms with Crippen LogP contribution in [0.15, 0.2) is 11.4 Å². The first kappa shape index (κ1) is 13.3. The fourth-order valence-electron chi connectivity index (χ4n) is 3.29. The third kappa shape index (κ3) is 2.26. The maximum Gasteiger partial charge on any atom is 0.222 e. The lowest BCUT2D eigenvalue weighted by Gasteiger charge is -2.28. The van der Waals surface area contributed by atoms with Crippen LogP contribution in [0.25, 0.3) is 10.7 Å². The van der Waals surface area contributed by atoms with E-state index >= 15 is 0 Å². The second-order valence-electron chi connectivity index (χ2n) is 5.98. The van der Waals surface area contributed by atoms with Crippen molar-refractivity contribution in [2.75, 3.05) is 11.9 Å². The molecular formula is C15H20N4OS. The zero-order valence-corrected chi connectivity index (χ0v) is 13.2. The summed E-state index contributed by atoms with van der Waals surface area (Å²) in [6.07, 6.45) is 3.97. The van der Waals surface area contributed by atoms with Gasteiger partial charge in [0, 0.05) is 6.54 Å². The number of anilines is 1. The van der Waals surface area contributed by atoms with E-state index in [1.807, 2.05) is 0 Å². The molecule has 0 radical (unpaired) electrons. The molecule has 1 fully saturated rings. The van der Waals surface area contributed by atoms with Crippen molar-refractivity contribution in [1.82, 2.24) is 14.8 Å². The minimum absolute atomic E-state index is 0.278. The second-order valence-corrected chi connectivity index (χ2v) is 6.90. The molecule has 1 saturated heterocycles. The number of nitrogens with zero attached hydrogens (tertiary/aromatic N) is 3. The van der Waals surface area contributed by atoms with Gasteiger partial charge in [-0.05, 0) is 50.1 Å². The van der Waals surface area contributed by atoms with Crippen LogP contribution in [0, 0.1) is 6.92 Å². The van der Waals surface area contributed by atoms with Crippen LogP contribution in [-0.2, 0) is 4.74 Å². The Balaban J connectivity index is 1.68. The Bertz CT molecular complexity index is 650. The van der Waals surface area contributed by atoms with E-state index in [2.05, 4.69) is 35.3 Å². The molecule has 3 atom stereocenters. The molecule has 0 saturated carbocycles. The van der Waals surface area contributed by atoms with Gasteiger partial charge in [-0.15, -0.1) is 16.4 Å². The number of aromatic nitrogens is 3. The molecule has 0 aliphatic carbocycles. The molecule has 2 aliphatic heterocycles. The van der Waals surface area contributed by atoms with Crippen LogP contribution in [0.3, 0.4) is 0 Å². The summed E-state index contributed by atoms with van der Waals surface area (Å²) >= 11 is 1.70. The van der Waals surface area contributed by atoms with Crippen molar-refractivity contribution in [2.45, 2.75) is 51.4 Å². The Morgan fingerprint density at radius 2 is 2.29 bits per heavy atom. The summed E-state index contributed by atoms with van der Waals surface area (Å²) in [6.45, 7) is 5.21. The predicted octanol–water partition coefficient (Wildman–Crippen LogP) is 3.24. The van der Waals surface area contributed by atoms with E-state index in [4.69, 9.17) is 14.8 Å². The number of fused-ring (bicyclic) bond motifs is 1. The molecule has 0 amide bonds. The summed E-state index contributed by atoms with van der Waals surface area (Å²) in [6, 6.07) is 2.43. The molecule has 1 N–H and O–H groups in total. The molecule has 2 aliphatic rings. The summed E-state index contributed by atoms with van der Waals surface area (Å²) in [5.41, 5.74) is 1.24. The molecular weight excluding hydrogens is 284 g/mol. The molecule has 2 aromatic heterocycles. The molecule has 112 valence electrons. The molecule has 6 heteroatoms. The van der Waals surface area contributed by atoms with Crippen LogP contribution in [0.5, 0.6) is 0 Å². The molecule has 5 nitrogen and oxygen atoms in total. The van der Waals surface area contributed by atoms with Crippen molar-refractivity contribution in [3.8, 4) is 10.7 Å². The van der Waals surface area contributed by atoms with Crippen molar-refractivity contribution in [3.63, 3.8) is 0 Å². The average molecular weight is 304 g/mol. The lowest BCUT2D eigenvalue weighted by molar-refractivity contribution is 0.0173. The molecule has 3 unspecified atom stereocenters. The predicted molar refractivity (Wildman–Crippen MR) is 83.8 cm³/mol. The maximum atomic E-state index is 6.07. The first-order valence-corrected chi connectivity index (χ1v) is 8.50. The summed E-state index contributed by atoms with van der Waals surface area (Å²) in [5.74, 6) is 1.72. The van der Waals surface area contributed by atoms with Crippen LogP contribution in [0.4, 0.5) is 5.95 Å². The number of ether oxygens (including phenoxy) is 1. The number of hydrogen-bond donors (Lipinski definition) is 1. The van der Waals surface area contributed by atoms with Crippen molar-refractivity contribution in [3.05, 3.63) is 17.0 Å². The standard InChI is InChI=1S/C15H20N4OS/c1-9-6-8-21-13(9)14-17-15-16-7-5-11(19(15)18-14)12-4-3-10(2)20-12/h6,8,10-12H,3-5,7H2,1-2H3,(H,16,17,18). The van der Waals surface area contributed by atoms with Crippen molar-refractivity contribution < 1.29 is 4.74 Å². The summed E-state index contributed by atoms with van der Waals surface area (Å²) in [7, 11) is 0. The highest BCUT2D eigenvalue weighted by atomic mass is 32.1. The highest BCUT2D eigenvalue weighted by Gasteiger charge is 2.35. The Kier molecular flexibility index (Phi) is 3.23. The third-order valence-electron chi connectivity index (χ3n) is 4.43. The molecule has 0 aromatic carbocycles. The molecule has 21 heavy (non-hydrogen) atoms. The van der Waals surface area contributed by atoms with Gasteiger partial charge >= 0.3 is 0 Å². The lowest BCUT2D eigenvalue weighted by Crippen LogP contribution is -2.32. The molecule has 0 spiro atoms. The van der Waals surface area contributed by atoms with Crippen molar-refractivity contribution >= 4 is 17.3 Å². The lowest BCUT2D eigenvalue weighted by atomic mass is 10.0. The van der Waals surface area contributed by atoms with Crippen molar-refractivity contribution in [2.24, 2.45) is 0 Å². The molecule has 2 aromatic rings. The average Bonchev–Trinajstić information content (AvgIpc) is 3.16. The van der Waals surface area contributed by atoms with E-state index in [0.29, 0.717) is 12.1 Å². The largest absolute Gasteiger partial charge is 0.373 e. The summed E-state index contributed by atoms with van der Waals surface area (Å²) in [4.78, 5) is 5.86. The first-order valence-electron chi connectivity index (χ1n) is 7.62. The van der Waals surface area contributed by atoms with Crippen LogP contribution >= 0.6 is 11.3 Å². The van der Waals surface area contributed by atoms with Gasteiger partial charge in [-0.3, -0.25) is 0 Å². The van der Waals surface area contributed by atoms with Gasteiger partial charge in [-0.25, -0.2) is 4.68 Å². The number of rotatable bonds is 2. The molecule has 4 heterocycles. The van der Waals surface area contributed by atoms with E-state index in [1.54, 1.807) is 11.3 Å².